The first-order valence-electron chi connectivity index (χ1n) is 7.41. The van der Waals surface area contributed by atoms with Gasteiger partial charge >= 0.3 is 0 Å². The lowest BCUT2D eigenvalue weighted by Crippen LogP contribution is -2.46. The Bertz CT molecular complexity index is 311. The van der Waals surface area contributed by atoms with Crippen molar-refractivity contribution >= 4 is 5.91 Å². The van der Waals surface area contributed by atoms with Crippen molar-refractivity contribution in [2.45, 2.75) is 57.2 Å². The van der Waals surface area contributed by atoms with Gasteiger partial charge in [0.15, 0.2) is 0 Å². The maximum Gasteiger partial charge on any atom is 0.228 e. The van der Waals surface area contributed by atoms with Crippen molar-refractivity contribution in [1.82, 2.24) is 10.2 Å². The highest BCUT2D eigenvalue weighted by atomic mass is 16.5. The van der Waals surface area contributed by atoms with E-state index in [1.165, 1.54) is 25.7 Å². The van der Waals surface area contributed by atoms with E-state index in [1.807, 2.05) is 6.92 Å². The van der Waals surface area contributed by atoms with Crippen LogP contribution in [0.15, 0.2) is 0 Å². The first-order chi connectivity index (χ1) is 8.75. The SMILES string of the molecule is CC1OCCC1C(=O)N(CC1CCCN1)C1CC1. The Balaban J connectivity index is 1.63. The topological polar surface area (TPSA) is 41.6 Å². The Hall–Kier alpha value is -0.610. The van der Waals surface area contributed by atoms with E-state index in [9.17, 15) is 4.79 Å². The van der Waals surface area contributed by atoms with Crippen LogP contribution in [0.25, 0.3) is 0 Å². The molecule has 0 aromatic rings. The molecule has 4 nitrogen and oxygen atoms in total. The van der Waals surface area contributed by atoms with Gasteiger partial charge in [-0.3, -0.25) is 4.79 Å². The highest BCUT2D eigenvalue weighted by Crippen LogP contribution is 2.32. The van der Waals surface area contributed by atoms with Crippen molar-refractivity contribution in [3.8, 4) is 0 Å². The molecule has 3 rings (SSSR count). The number of amides is 1. The van der Waals surface area contributed by atoms with Crippen LogP contribution >= 0.6 is 0 Å². The average molecular weight is 252 g/mol. The molecule has 3 unspecified atom stereocenters. The molecule has 0 radical (unpaired) electrons. The van der Waals surface area contributed by atoms with Gasteiger partial charge in [0.1, 0.15) is 0 Å². The predicted octanol–water partition coefficient (Wildman–Crippen LogP) is 1.15. The van der Waals surface area contributed by atoms with Crippen molar-refractivity contribution < 1.29 is 9.53 Å². The van der Waals surface area contributed by atoms with Gasteiger partial charge in [0.2, 0.25) is 5.91 Å². The number of ether oxygens (including phenoxy) is 1. The summed E-state index contributed by atoms with van der Waals surface area (Å²) in [5, 5.41) is 3.50. The molecule has 0 spiro atoms. The molecule has 2 heterocycles. The molecule has 18 heavy (non-hydrogen) atoms. The Morgan fingerprint density at radius 1 is 1.33 bits per heavy atom. The van der Waals surface area contributed by atoms with E-state index in [0.717, 1.165) is 26.1 Å². The summed E-state index contributed by atoms with van der Waals surface area (Å²) in [4.78, 5) is 14.8. The molecule has 0 bridgehead atoms. The van der Waals surface area contributed by atoms with E-state index in [1.54, 1.807) is 0 Å². The molecule has 3 atom stereocenters. The molecule has 3 aliphatic rings. The highest BCUT2D eigenvalue weighted by molar-refractivity contribution is 5.80. The quantitative estimate of drug-likeness (QED) is 0.816. The predicted molar refractivity (Wildman–Crippen MR) is 69.3 cm³/mol. The van der Waals surface area contributed by atoms with Gasteiger partial charge in [-0.25, -0.2) is 0 Å². The van der Waals surface area contributed by atoms with Crippen LogP contribution in [0, 0.1) is 5.92 Å². The normalized spacial score (nSPS) is 35.9. The number of carbonyl (C=O) groups excluding carboxylic acids is 1. The molecule has 0 aromatic carbocycles. The summed E-state index contributed by atoms with van der Waals surface area (Å²) < 4.78 is 5.54. The fourth-order valence-corrected chi connectivity index (χ4v) is 3.22. The molecule has 0 aromatic heterocycles. The summed E-state index contributed by atoms with van der Waals surface area (Å²) in [6.07, 6.45) is 5.87. The summed E-state index contributed by atoms with van der Waals surface area (Å²) in [6.45, 7) is 4.80. The first kappa shape index (κ1) is 12.4. The second kappa shape index (κ2) is 5.17. The van der Waals surface area contributed by atoms with Crippen LogP contribution in [0.3, 0.4) is 0 Å². The third-order valence-electron chi connectivity index (χ3n) is 4.54. The van der Waals surface area contributed by atoms with Crippen LogP contribution in [-0.4, -0.2) is 48.7 Å². The standard InChI is InChI=1S/C14H24N2O2/c1-10-13(6-8-18-10)14(17)16(12-4-5-12)9-11-3-2-7-15-11/h10-13,15H,2-9H2,1H3. The fraction of sp³-hybridized carbons (Fsp3) is 0.929. The minimum absolute atomic E-state index is 0.104. The van der Waals surface area contributed by atoms with Gasteiger partial charge in [0.25, 0.3) is 0 Å². The molecule has 1 N–H and O–H groups in total. The number of nitrogens with zero attached hydrogens (tertiary/aromatic N) is 1. The van der Waals surface area contributed by atoms with Crippen LogP contribution < -0.4 is 5.32 Å². The zero-order valence-corrected chi connectivity index (χ0v) is 11.2. The smallest absolute Gasteiger partial charge is 0.228 e. The van der Waals surface area contributed by atoms with E-state index in [2.05, 4.69) is 10.2 Å². The van der Waals surface area contributed by atoms with Crippen LogP contribution in [-0.2, 0) is 9.53 Å². The van der Waals surface area contributed by atoms with Crippen LogP contribution in [0.2, 0.25) is 0 Å². The van der Waals surface area contributed by atoms with Crippen LogP contribution in [0.1, 0.15) is 39.0 Å². The van der Waals surface area contributed by atoms with Gasteiger partial charge in [0.05, 0.1) is 12.0 Å². The van der Waals surface area contributed by atoms with Crippen molar-refractivity contribution in [3.63, 3.8) is 0 Å². The summed E-state index contributed by atoms with van der Waals surface area (Å²) in [5.41, 5.74) is 0. The van der Waals surface area contributed by atoms with Gasteiger partial charge in [0, 0.05) is 25.2 Å². The zero-order valence-electron chi connectivity index (χ0n) is 11.2. The Morgan fingerprint density at radius 3 is 2.72 bits per heavy atom. The van der Waals surface area contributed by atoms with E-state index in [4.69, 9.17) is 4.74 Å². The van der Waals surface area contributed by atoms with Crippen LogP contribution in [0.4, 0.5) is 0 Å². The van der Waals surface area contributed by atoms with Gasteiger partial charge in [-0.15, -0.1) is 0 Å². The highest BCUT2D eigenvalue weighted by Gasteiger charge is 2.40. The fourth-order valence-electron chi connectivity index (χ4n) is 3.22. The second-order valence-electron chi connectivity index (χ2n) is 5.99. The molecule has 3 fully saturated rings. The largest absolute Gasteiger partial charge is 0.378 e. The second-order valence-corrected chi connectivity index (χ2v) is 5.99. The maximum atomic E-state index is 12.6. The van der Waals surface area contributed by atoms with Gasteiger partial charge in [-0.1, -0.05) is 0 Å². The molecular formula is C14H24N2O2. The third kappa shape index (κ3) is 2.54. The Morgan fingerprint density at radius 2 is 2.17 bits per heavy atom. The minimum atomic E-state index is 0.104. The molecule has 1 aliphatic carbocycles. The van der Waals surface area contributed by atoms with Gasteiger partial charge in [-0.05, 0) is 45.6 Å². The summed E-state index contributed by atoms with van der Waals surface area (Å²) in [7, 11) is 0. The average Bonchev–Trinajstić information content (AvgIpc) is 2.89. The van der Waals surface area contributed by atoms with Crippen molar-refractivity contribution in [3.05, 3.63) is 0 Å². The van der Waals surface area contributed by atoms with Gasteiger partial charge in [-0.2, -0.15) is 0 Å². The molecule has 1 amide bonds. The van der Waals surface area contributed by atoms with Crippen molar-refractivity contribution in [1.29, 1.82) is 0 Å². The number of hydrogen-bond donors (Lipinski definition) is 1. The molecular weight excluding hydrogens is 228 g/mol. The van der Waals surface area contributed by atoms with Gasteiger partial charge < -0.3 is 15.0 Å². The van der Waals surface area contributed by atoms with E-state index >= 15 is 0 Å². The molecule has 1 saturated carbocycles. The first-order valence-corrected chi connectivity index (χ1v) is 7.41. The Kier molecular flexibility index (Phi) is 3.57. The number of carbonyl (C=O) groups is 1. The molecule has 102 valence electrons. The monoisotopic (exact) mass is 252 g/mol. The summed E-state index contributed by atoms with van der Waals surface area (Å²) >= 11 is 0. The summed E-state index contributed by atoms with van der Waals surface area (Å²) in [5.74, 6) is 0.447. The lowest BCUT2D eigenvalue weighted by molar-refractivity contribution is -0.137. The van der Waals surface area contributed by atoms with Crippen LogP contribution in [0.5, 0.6) is 0 Å². The lowest BCUT2D eigenvalue weighted by Gasteiger charge is -2.29. The lowest BCUT2D eigenvalue weighted by atomic mass is 10.0. The third-order valence-corrected chi connectivity index (χ3v) is 4.54. The zero-order chi connectivity index (χ0) is 12.5. The van der Waals surface area contributed by atoms with Crippen molar-refractivity contribution in [2.24, 2.45) is 5.92 Å². The maximum absolute atomic E-state index is 12.6. The van der Waals surface area contributed by atoms with E-state index < -0.39 is 0 Å². The van der Waals surface area contributed by atoms with E-state index in [0.29, 0.717) is 18.0 Å². The van der Waals surface area contributed by atoms with E-state index in [-0.39, 0.29) is 12.0 Å². The molecule has 2 aliphatic heterocycles. The Labute approximate surface area is 109 Å². The van der Waals surface area contributed by atoms with Crippen molar-refractivity contribution in [2.75, 3.05) is 19.7 Å². The molecule has 4 heteroatoms. The minimum Gasteiger partial charge on any atom is -0.378 e. The number of hydrogen-bond acceptors (Lipinski definition) is 3. The summed E-state index contributed by atoms with van der Waals surface area (Å²) in [6, 6.07) is 1.04. The number of nitrogens with one attached hydrogen (secondary N) is 1. The molecule has 2 saturated heterocycles. The number of rotatable bonds is 4.